The molecule has 0 unspecified atom stereocenters. The summed E-state index contributed by atoms with van der Waals surface area (Å²) in [6.07, 6.45) is 0. The smallest absolute Gasteiger partial charge is 0.291 e. The molecule has 0 aliphatic heterocycles. The number of carbonyl (C=O) groups excluding carboxylic acids is 1. The Bertz CT molecular complexity index is 507. The summed E-state index contributed by atoms with van der Waals surface area (Å²) < 4.78 is 0. The normalized spacial score (nSPS) is 10.5. The quantitative estimate of drug-likeness (QED) is 0.768. The summed E-state index contributed by atoms with van der Waals surface area (Å²) in [5, 5.41) is 1.53. The minimum absolute atomic E-state index is 0.315. The zero-order valence-corrected chi connectivity index (χ0v) is 8.76. The number of carbonyl (C=O) groups is 1. The lowest BCUT2D eigenvalue weighted by atomic mass is 10.2. The van der Waals surface area contributed by atoms with E-state index in [1.807, 2.05) is 6.07 Å². The Hall–Kier alpha value is -1.52. The SMILES string of the molecule is CONC(=O)c1cc2cc(Cl)ccc2[nH]1. The predicted molar refractivity (Wildman–Crippen MR) is 57.8 cm³/mol. The summed E-state index contributed by atoms with van der Waals surface area (Å²) in [4.78, 5) is 18.9. The van der Waals surface area contributed by atoms with E-state index in [0.29, 0.717) is 10.7 Å². The second-order valence-corrected chi connectivity index (χ2v) is 3.49. The largest absolute Gasteiger partial charge is 0.350 e. The van der Waals surface area contributed by atoms with Crippen molar-refractivity contribution in [1.82, 2.24) is 10.5 Å². The number of nitrogens with one attached hydrogen (secondary N) is 2. The predicted octanol–water partition coefficient (Wildman–Crippen LogP) is 2.11. The highest BCUT2D eigenvalue weighted by Gasteiger charge is 2.08. The lowest BCUT2D eigenvalue weighted by molar-refractivity contribution is 0.0533. The van der Waals surface area contributed by atoms with Gasteiger partial charge < -0.3 is 4.98 Å². The number of hydroxylamine groups is 1. The maximum absolute atomic E-state index is 11.4. The monoisotopic (exact) mass is 224 g/mol. The molecule has 1 aromatic heterocycles. The number of fused-ring (bicyclic) bond motifs is 1. The van der Waals surface area contributed by atoms with Crippen molar-refractivity contribution in [2.45, 2.75) is 0 Å². The van der Waals surface area contributed by atoms with E-state index in [1.165, 1.54) is 7.11 Å². The van der Waals surface area contributed by atoms with Crippen LogP contribution in [0.2, 0.25) is 5.02 Å². The zero-order chi connectivity index (χ0) is 10.8. The van der Waals surface area contributed by atoms with Crippen molar-refractivity contribution in [3.05, 3.63) is 35.0 Å². The molecule has 0 aliphatic rings. The number of aromatic nitrogens is 1. The van der Waals surface area contributed by atoms with E-state index >= 15 is 0 Å². The van der Waals surface area contributed by atoms with Crippen molar-refractivity contribution >= 4 is 28.4 Å². The summed E-state index contributed by atoms with van der Waals surface area (Å²) in [5.41, 5.74) is 3.53. The minimum atomic E-state index is -0.315. The van der Waals surface area contributed by atoms with Crippen LogP contribution in [0.3, 0.4) is 0 Å². The summed E-state index contributed by atoms with van der Waals surface area (Å²) in [7, 11) is 1.39. The number of amides is 1. The molecule has 0 saturated carbocycles. The minimum Gasteiger partial charge on any atom is -0.350 e. The van der Waals surface area contributed by atoms with Gasteiger partial charge in [0, 0.05) is 15.9 Å². The molecule has 0 radical (unpaired) electrons. The second-order valence-electron chi connectivity index (χ2n) is 3.05. The second kappa shape index (κ2) is 3.92. The molecule has 0 aliphatic carbocycles. The van der Waals surface area contributed by atoms with Crippen LogP contribution < -0.4 is 5.48 Å². The number of hydrogen-bond acceptors (Lipinski definition) is 2. The first-order chi connectivity index (χ1) is 7.20. The van der Waals surface area contributed by atoms with Gasteiger partial charge in [0.05, 0.1) is 7.11 Å². The average Bonchev–Trinajstić information content (AvgIpc) is 2.60. The van der Waals surface area contributed by atoms with Crippen LogP contribution in [-0.2, 0) is 4.84 Å². The molecule has 0 bridgehead atoms. The zero-order valence-electron chi connectivity index (χ0n) is 8.00. The molecule has 0 spiro atoms. The first kappa shape index (κ1) is 10.0. The highest BCUT2D eigenvalue weighted by atomic mass is 35.5. The summed E-state index contributed by atoms with van der Waals surface area (Å²) in [6, 6.07) is 7.09. The van der Waals surface area contributed by atoms with Gasteiger partial charge in [-0.2, -0.15) is 0 Å². The molecular weight excluding hydrogens is 216 g/mol. The fraction of sp³-hybridized carbons (Fsp3) is 0.100. The fourth-order valence-corrected chi connectivity index (χ4v) is 1.55. The Morgan fingerprint density at radius 2 is 2.27 bits per heavy atom. The van der Waals surface area contributed by atoms with E-state index < -0.39 is 0 Å². The standard InChI is InChI=1S/C10H9ClN2O2/c1-15-13-10(14)9-5-6-4-7(11)2-3-8(6)12-9/h2-5,12H,1H3,(H,13,14). The molecule has 0 saturated heterocycles. The summed E-state index contributed by atoms with van der Waals surface area (Å²) in [6.45, 7) is 0. The first-order valence-electron chi connectivity index (χ1n) is 4.32. The summed E-state index contributed by atoms with van der Waals surface area (Å²) >= 11 is 5.83. The number of hydrogen-bond donors (Lipinski definition) is 2. The van der Waals surface area contributed by atoms with Gasteiger partial charge in [-0.15, -0.1) is 0 Å². The van der Waals surface area contributed by atoms with Crippen molar-refractivity contribution in [3.8, 4) is 0 Å². The van der Waals surface area contributed by atoms with E-state index in [2.05, 4.69) is 15.3 Å². The molecule has 0 fully saturated rings. The fourth-order valence-electron chi connectivity index (χ4n) is 1.37. The van der Waals surface area contributed by atoms with E-state index in [0.717, 1.165) is 10.9 Å². The number of benzene rings is 1. The van der Waals surface area contributed by atoms with Gasteiger partial charge in [0.25, 0.3) is 5.91 Å². The van der Waals surface area contributed by atoms with Crippen LogP contribution in [0.25, 0.3) is 10.9 Å². The van der Waals surface area contributed by atoms with Crippen molar-refractivity contribution in [1.29, 1.82) is 0 Å². The molecule has 4 nitrogen and oxygen atoms in total. The third kappa shape index (κ3) is 1.95. The lowest BCUT2D eigenvalue weighted by Crippen LogP contribution is -2.21. The van der Waals surface area contributed by atoms with Gasteiger partial charge in [-0.1, -0.05) is 11.6 Å². The number of rotatable bonds is 2. The molecule has 1 aromatic carbocycles. The van der Waals surface area contributed by atoms with Gasteiger partial charge in [0.15, 0.2) is 0 Å². The van der Waals surface area contributed by atoms with Crippen LogP contribution >= 0.6 is 11.6 Å². The highest BCUT2D eigenvalue weighted by molar-refractivity contribution is 6.31. The van der Waals surface area contributed by atoms with Crippen LogP contribution in [-0.4, -0.2) is 18.0 Å². The number of aromatic amines is 1. The summed E-state index contributed by atoms with van der Waals surface area (Å²) in [5.74, 6) is -0.315. The van der Waals surface area contributed by atoms with Gasteiger partial charge in [0.1, 0.15) is 5.69 Å². The van der Waals surface area contributed by atoms with Crippen LogP contribution in [0.4, 0.5) is 0 Å². The van der Waals surface area contributed by atoms with E-state index in [4.69, 9.17) is 11.6 Å². The molecule has 2 rings (SSSR count). The van der Waals surface area contributed by atoms with Gasteiger partial charge in [-0.05, 0) is 24.3 Å². The molecule has 1 amide bonds. The molecule has 15 heavy (non-hydrogen) atoms. The van der Waals surface area contributed by atoms with Crippen LogP contribution in [0.5, 0.6) is 0 Å². The molecule has 2 N–H and O–H groups in total. The molecule has 1 heterocycles. The lowest BCUT2D eigenvalue weighted by Gasteiger charge is -1.97. The topological polar surface area (TPSA) is 54.1 Å². The van der Waals surface area contributed by atoms with Crippen LogP contribution in [0, 0.1) is 0 Å². The van der Waals surface area contributed by atoms with Gasteiger partial charge in [-0.25, -0.2) is 5.48 Å². The van der Waals surface area contributed by atoms with Crippen molar-refractivity contribution in [2.24, 2.45) is 0 Å². The van der Waals surface area contributed by atoms with Gasteiger partial charge >= 0.3 is 0 Å². The van der Waals surface area contributed by atoms with Crippen molar-refractivity contribution in [2.75, 3.05) is 7.11 Å². The van der Waals surface area contributed by atoms with Gasteiger partial charge in [-0.3, -0.25) is 9.63 Å². The van der Waals surface area contributed by atoms with E-state index in [-0.39, 0.29) is 5.91 Å². The van der Waals surface area contributed by atoms with E-state index in [1.54, 1.807) is 18.2 Å². The molecule has 0 atom stereocenters. The Morgan fingerprint density at radius 1 is 1.47 bits per heavy atom. The highest BCUT2D eigenvalue weighted by Crippen LogP contribution is 2.19. The Balaban J connectivity index is 2.42. The Kier molecular flexibility index (Phi) is 2.62. The maximum Gasteiger partial charge on any atom is 0.291 e. The molecule has 78 valence electrons. The third-order valence-electron chi connectivity index (χ3n) is 2.02. The molecule has 5 heteroatoms. The maximum atomic E-state index is 11.4. The Morgan fingerprint density at radius 3 is 3.00 bits per heavy atom. The third-order valence-corrected chi connectivity index (χ3v) is 2.26. The molecule has 2 aromatic rings. The van der Waals surface area contributed by atoms with Crippen LogP contribution in [0.1, 0.15) is 10.5 Å². The van der Waals surface area contributed by atoms with E-state index in [9.17, 15) is 4.79 Å². The average molecular weight is 225 g/mol. The molecular formula is C10H9ClN2O2. The van der Waals surface area contributed by atoms with Gasteiger partial charge in [0.2, 0.25) is 0 Å². The number of halogens is 1. The Labute approximate surface area is 91.1 Å². The van der Waals surface area contributed by atoms with Crippen LogP contribution in [0.15, 0.2) is 24.3 Å². The van der Waals surface area contributed by atoms with Crippen molar-refractivity contribution in [3.63, 3.8) is 0 Å². The first-order valence-corrected chi connectivity index (χ1v) is 4.70. The number of H-pyrrole nitrogens is 1. The van der Waals surface area contributed by atoms with Crippen molar-refractivity contribution < 1.29 is 9.63 Å².